The van der Waals surface area contributed by atoms with Gasteiger partial charge < -0.3 is 5.11 Å². The van der Waals surface area contributed by atoms with Gasteiger partial charge in [0.25, 0.3) is 0 Å². The van der Waals surface area contributed by atoms with Gasteiger partial charge in [0.05, 0.1) is 0 Å². The van der Waals surface area contributed by atoms with Gasteiger partial charge in [-0.1, -0.05) is 0 Å². The van der Waals surface area contributed by atoms with Gasteiger partial charge in [-0.2, -0.15) is 0 Å². The first kappa shape index (κ1) is 10.8. The average molecular weight is 214 g/mol. The Labute approximate surface area is 94.8 Å². The summed E-state index contributed by atoms with van der Waals surface area (Å²) in [4.78, 5) is 8.04. The molecular formula is C13H14N2O. The van der Waals surface area contributed by atoms with E-state index in [9.17, 15) is 5.11 Å². The second-order valence-corrected chi connectivity index (χ2v) is 3.87. The van der Waals surface area contributed by atoms with Crippen molar-refractivity contribution in [2.45, 2.75) is 20.0 Å². The quantitative estimate of drug-likeness (QED) is 0.833. The molecule has 0 saturated carbocycles. The highest BCUT2D eigenvalue weighted by molar-refractivity contribution is 5.35. The smallest absolute Gasteiger partial charge is 0.105 e. The fourth-order valence-electron chi connectivity index (χ4n) is 1.75. The Kier molecular flexibility index (Phi) is 2.97. The number of aliphatic hydroxyl groups excluding tert-OH is 1. The van der Waals surface area contributed by atoms with Gasteiger partial charge in [-0.15, -0.1) is 0 Å². The Morgan fingerprint density at radius 3 is 1.75 bits per heavy atom. The molecule has 0 radical (unpaired) electrons. The molecule has 2 aromatic rings. The number of aromatic nitrogens is 2. The Morgan fingerprint density at radius 1 is 0.938 bits per heavy atom. The highest BCUT2D eigenvalue weighted by Crippen LogP contribution is 2.25. The van der Waals surface area contributed by atoms with Crippen LogP contribution >= 0.6 is 0 Å². The lowest BCUT2D eigenvalue weighted by Crippen LogP contribution is -2.04. The van der Waals surface area contributed by atoms with Crippen molar-refractivity contribution < 1.29 is 5.11 Å². The first-order chi connectivity index (χ1) is 7.70. The van der Waals surface area contributed by atoms with Crippen molar-refractivity contribution in [3.63, 3.8) is 0 Å². The number of hydrogen-bond acceptors (Lipinski definition) is 3. The maximum Gasteiger partial charge on any atom is 0.105 e. The number of hydrogen-bond donors (Lipinski definition) is 1. The zero-order valence-electron chi connectivity index (χ0n) is 9.38. The molecule has 0 unspecified atom stereocenters. The number of rotatable bonds is 2. The molecule has 3 heteroatoms. The van der Waals surface area contributed by atoms with E-state index in [1.807, 2.05) is 26.0 Å². The number of aryl methyl sites for hydroxylation is 2. The predicted octanol–water partition coefficient (Wildman–Crippen LogP) is 2.18. The van der Waals surface area contributed by atoms with E-state index in [2.05, 4.69) is 9.97 Å². The van der Waals surface area contributed by atoms with Crippen LogP contribution in [0.4, 0.5) is 0 Å². The van der Waals surface area contributed by atoms with Gasteiger partial charge in [0.1, 0.15) is 6.10 Å². The second kappa shape index (κ2) is 4.41. The summed E-state index contributed by atoms with van der Waals surface area (Å²) in [6, 6.07) is 3.69. The summed E-state index contributed by atoms with van der Waals surface area (Å²) >= 11 is 0. The SMILES string of the molecule is Cc1cnccc1C(O)c1ccncc1C. The van der Waals surface area contributed by atoms with E-state index in [4.69, 9.17) is 0 Å². The highest BCUT2D eigenvalue weighted by Gasteiger charge is 2.14. The summed E-state index contributed by atoms with van der Waals surface area (Å²) in [7, 11) is 0. The number of nitrogens with zero attached hydrogens (tertiary/aromatic N) is 2. The lowest BCUT2D eigenvalue weighted by atomic mass is 9.97. The summed E-state index contributed by atoms with van der Waals surface area (Å²) in [6.07, 6.45) is 6.31. The normalized spacial score (nSPS) is 10.8. The highest BCUT2D eigenvalue weighted by atomic mass is 16.3. The largest absolute Gasteiger partial charge is 0.384 e. The molecule has 16 heavy (non-hydrogen) atoms. The number of pyridine rings is 2. The minimum Gasteiger partial charge on any atom is -0.384 e. The van der Waals surface area contributed by atoms with Gasteiger partial charge >= 0.3 is 0 Å². The van der Waals surface area contributed by atoms with Crippen molar-refractivity contribution in [2.75, 3.05) is 0 Å². The maximum atomic E-state index is 10.3. The van der Waals surface area contributed by atoms with E-state index in [1.165, 1.54) is 0 Å². The molecule has 2 aromatic heterocycles. The molecule has 82 valence electrons. The second-order valence-electron chi connectivity index (χ2n) is 3.87. The standard InChI is InChI=1S/C13H14N2O/c1-9-7-14-5-3-11(9)13(16)12-4-6-15-8-10(12)2/h3-8,13,16H,1-2H3. The molecule has 0 saturated heterocycles. The molecule has 0 atom stereocenters. The topological polar surface area (TPSA) is 46.0 Å². The van der Waals surface area contributed by atoms with Crippen LogP contribution in [-0.4, -0.2) is 15.1 Å². The molecule has 0 aromatic carbocycles. The summed E-state index contributed by atoms with van der Waals surface area (Å²) in [5, 5.41) is 10.3. The van der Waals surface area contributed by atoms with Crippen LogP contribution in [0.3, 0.4) is 0 Å². The van der Waals surface area contributed by atoms with Crippen LogP contribution in [0.1, 0.15) is 28.4 Å². The van der Waals surface area contributed by atoms with Crippen molar-refractivity contribution in [1.29, 1.82) is 0 Å². The van der Waals surface area contributed by atoms with Crippen LogP contribution < -0.4 is 0 Å². The Morgan fingerprint density at radius 2 is 1.38 bits per heavy atom. The fourth-order valence-corrected chi connectivity index (χ4v) is 1.75. The molecule has 0 amide bonds. The van der Waals surface area contributed by atoms with Gasteiger partial charge in [0.2, 0.25) is 0 Å². The first-order valence-electron chi connectivity index (χ1n) is 5.19. The van der Waals surface area contributed by atoms with Crippen molar-refractivity contribution in [1.82, 2.24) is 9.97 Å². The van der Waals surface area contributed by atoms with Crippen LogP contribution in [0.5, 0.6) is 0 Å². The van der Waals surface area contributed by atoms with Gasteiger partial charge in [-0.25, -0.2) is 0 Å². The monoisotopic (exact) mass is 214 g/mol. The fraction of sp³-hybridized carbons (Fsp3) is 0.231. The van der Waals surface area contributed by atoms with Crippen LogP contribution in [-0.2, 0) is 0 Å². The van der Waals surface area contributed by atoms with E-state index >= 15 is 0 Å². The molecule has 0 aliphatic heterocycles. The maximum absolute atomic E-state index is 10.3. The summed E-state index contributed by atoms with van der Waals surface area (Å²) in [6.45, 7) is 3.89. The molecule has 0 bridgehead atoms. The summed E-state index contributed by atoms with van der Waals surface area (Å²) < 4.78 is 0. The van der Waals surface area contributed by atoms with Crippen LogP contribution in [0.25, 0.3) is 0 Å². The third kappa shape index (κ3) is 1.95. The van der Waals surface area contributed by atoms with E-state index < -0.39 is 6.10 Å². The summed E-state index contributed by atoms with van der Waals surface area (Å²) in [5.41, 5.74) is 3.77. The molecule has 0 aliphatic carbocycles. The zero-order chi connectivity index (χ0) is 11.5. The minimum absolute atomic E-state index is 0.606. The van der Waals surface area contributed by atoms with Crippen LogP contribution in [0.15, 0.2) is 36.9 Å². The molecule has 0 fully saturated rings. The summed E-state index contributed by atoms with van der Waals surface area (Å²) in [5.74, 6) is 0. The van der Waals surface area contributed by atoms with E-state index in [0.29, 0.717) is 0 Å². The van der Waals surface area contributed by atoms with Crippen molar-refractivity contribution in [3.05, 3.63) is 59.2 Å². The Balaban J connectivity index is 2.44. The Bertz CT molecular complexity index is 451. The molecule has 2 heterocycles. The Hall–Kier alpha value is -1.74. The third-order valence-electron chi connectivity index (χ3n) is 2.72. The first-order valence-corrected chi connectivity index (χ1v) is 5.19. The third-order valence-corrected chi connectivity index (χ3v) is 2.72. The van der Waals surface area contributed by atoms with Crippen molar-refractivity contribution in [2.24, 2.45) is 0 Å². The van der Waals surface area contributed by atoms with Gasteiger partial charge in [0.15, 0.2) is 0 Å². The zero-order valence-corrected chi connectivity index (χ0v) is 9.38. The lowest BCUT2D eigenvalue weighted by Gasteiger charge is -2.15. The molecule has 0 spiro atoms. The van der Waals surface area contributed by atoms with Crippen LogP contribution in [0.2, 0.25) is 0 Å². The van der Waals surface area contributed by atoms with Crippen LogP contribution in [0, 0.1) is 13.8 Å². The average Bonchev–Trinajstić information content (AvgIpc) is 2.29. The number of aliphatic hydroxyl groups is 1. The minimum atomic E-state index is -0.606. The van der Waals surface area contributed by atoms with E-state index in [1.54, 1.807) is 24.8 Å². The molecule has 2 rings (SSSR count). The van der Waals surface area contributed by atoms with Gasteiger partial charge in [-0.3, -0.25) is 9.97 Å². The van der Waals surface area contributed by atoms with Gasteiger partial charge in [0, 0.05) is 24.8 Å². The van der Waals surface area contributed by atoms with Gasteiger partial charge in [-0.05, 0) is 48.2 Å². The molecular weight excluding hydrogens is 200 g/mol. The molecule has 0 aliphatic rings. The lowest BCUT2D eigenvalue weighted by molar-refractivity contribution is 0.218. The predicted molar refractivity (Wildman–Crippen MR) is 62.0 cm³/mol. The van der Waals surface area contributed by atoms with Crippen molar-refractivity contribution in [3.8, 4) is 0 Å². The molecule has 3 nitrogen and oxygen atoms in total. The van der Waals surface area contributed by atoms with E-state index in [-0.39, 0.29) is 0 Å². The van der Waals surface area contributed by atoms with Crippen molar-refractivity contribution >= 4 is 0 Å². The molecule has 1 N–H and O–H groups in total. The van der Waals surface area contributed by atoms with E-state index in [0.717, 1.165) is 22.3 Å².